The first-order chi connectivity index (χ1) is 8.41. The standard InChI is InChI=1S/C11H18N4O3/c1-6(2)9(12)10(16)15-8(11(17)18)3-7-4-13-5-14-7/h4-6,8-9H,3,12H2,1-2H3,(H,13,14)(H,15,16)(H,17,18)/t8-,9-/m0/s1. The van der Waals surface area contributed by atoms with Gasteiger partial charge in [-0.1, -0.05) is 13.8 Å². The summed E-state index contributed by atoms with van der Waals surface area (Å²) in [6.07, 6.45) is 3.06. The first-order valence-corrected chi connectivity index (χ1v) is 5.73. The molecule has 7 heteroatoms. The number of aliphatic carboxylic acids is 1. The molecule has 0 fully saturated rings. The number of carbonyl (C=O) groups is 2. The van der Waals surface area contributed by atoms with Gasteiger partial charge in [-0.3, -0.25) is 4.79 Å². The lowest BCUT2D eigenvalue weighted by Gasteiger charge is -2.21. The minimum atomic E-state index is -1.33. The number of rotatable bonds is 6. The van der Waals surface area contributed by atoms with Crippen LogP contribution in [0.4, 0.5) is 0 Å². The predicted octanol–water partition coefficient (Wildman–Crippen LogP) is -2.55. The van der Waals surface area contributed by atoms with Crippen LogP contribution < -0.4 is 16.2 Å². The van der Waals surface area contributed by atoms with Crippen LogP contribution in [0.2, 0.25) is 0 Å². The summed E-state index contributed by atoms with van der Waals surface area (Å²) in [5.74, 6) is -1.67. The van der Waals surface area contributed by atoms with Crippen LogP contribution in [0.3, 0.4) is 0 Å². The summed E-state index contributed by atoms with van der Waals surface area (Å²) in [5.41, 5.74) is 4.32. The van der Waals surface area contributed by atoms with Crippen molar-refractivity contribution in [1.82, 2.24) is 15.3 Å². The predicted molar refractivity (Wildman–Crippen MR) is 60.7 cm³/mol. The quantitative estimate of drug-likeness (QED) is 0.516. The van der Waals surface area contributed by atoms with Crippen molar-refractivity contribution < 1.29 is 20.4 Å². The molecule has 0 spiro atoms. The van der Waals surface area contributed by atoms with E-state index in [0.29, 0.717) is 5.69 Å². The van der Waals surface area contributed by atoms with E-state index < -0.39 is 24.0 Å². The third kappa shape index (κ3) is 3.85. The Morgan fingerprint density at radius 1 is 1.56 bits per heavy atom. The van der Waals surface area contributed by atoms with Crippen LogP contribution in [0.1, 0.15) is 19.5 Å². The van der Waals surface area contributed by atoms with Gasteiger partial charge in [0.15, 0.2) is 6.04 Å². The van der Waals surface area contributed by atoms with Crippen molar-refractivity contribution in [3.05, 3.63) is 18.2 Å². The molecule has 1 rings (SSSR count). The van der Waals surface area contributed by atoms with Gasteiger partial charge >= 0.3 is 0 Å². The normalized spacial score (nSPS) is 14.2. The maximum Gasteiger partial charge on any atom is 0.278 e. The van der Waals surface area contributed by atoms with Gasteiger partial charge in [-0.05, 0) is 0 Å². The molecule has 0 aliphatic heterocycles. The van der Waals surface area contributed by atoms with Gasteiger partial charge in [-0.25, -0.2) is 4.98 Å². The molecule has 7 nitrogen and oxygen atoms in total. The Balaban J connectivity index is 2.64. The van der Waals surface area contributed by atoms with Crippen molar-refractivity contribution in [1.29, 1.82) is 0 Å². The van der Waals surface area contributed by atoms with E-state index in [4.69, 9.17) is 0 Å². The summed E-state index contributed by atoms with van der Waals surface area (Å²) in [5, 5.41) is 13.4. The average molecular weight is 254 g/mol. The zero-order valence-electron chi connectivity index (χ0n) is 10.5. The number of carboxylic acid groups (broad SMARTS) is 1. The molecule has 0 saturated carbocycles. The Labute approximate surface area is 105 Å². The molecule has 0 unspecified atom stereocenters. The molecule has 1 heterocycles. The highest BCUT2D eigenvalue weighted by Gasteiger charge is 2.24. The molecule has 0 aromatic carbocycles. The largest absolute Gasteiger partial charge is 0.548 e. The lowest BCUT2D eigenvalue weighted by atomic mass is 10.0. The highest BCUT2D eigenvalue weighted by molar-refractivity contribution is 5.85. The van der Waals surface area contributed by atoms with Gasteiger partial charge in [0.25, 0.3) is 5.91 Å². The molecule has 5 N–H and O–H groups in total. The molecule has 0 radical (unpaired) electrons. The van der Waals surface area contributed by atoms with Crippen molar-refractivity contribution >= 4 is 11.9 Å². The minimum Gasteiger partial charge on any atom is -0.548 e. The van der Waals surface area contributed by atoms with Gasteiger partial charge in [-0.2, -0.15) is 0 Å². The van der Waals surface area contributed by atoms with Crippen molar-refractivity contribution in [2.75, 3.05) is 0 Å². The van der Waals surface area contributed by atoms with Crippen molar-refractivity contribution in [2.24, 2.45) is 5.92 Å². The van der Waals surface area contributed by atoms with Gasteiger partial charge in [0.05, 0.1) is 18.3 Å². The summed E-state index contributed by atoms with van der Waals surface area (Å²) in [4.78, 5) is 29.3. The number of quaternary nitrogens is 1. The monoisotopic (exact) mass is 254 g/mol. The number of hydrogen-bond acceptors (Lipinski definition) is 4. The molecule has 18 heavy (non-hydrogen) atoms. The van der Waals surface area contributed by atoms with Crippen LogP contribution in [0.5, 0.6) is 0 Å². The van der Waals surface area contributed by atoms with Crippen LogP contribution in [-0.4, -0.2) is 33.9 Å². The molecule has 0 aliphatic rings. The number of aromatic nitrogens is 2. The van der Waals surface area contributed by atoms with Crippen molar-refractivity contribution in [3.8, 4) is 0 Å². The van der Waals surface area contributed by atoms with Gasteiger partial charge in [0.1, 0.15) is 0 Å². The number of nitrogens with zero attached hydrogens (tertiary/aromatic N) is 1. The first-order valence-electron chi connectivity index (χ1n) is 5.73. The van der Waals surface area contributed by atoms with Crippen molar-refractivity contribution in [2.45, 2.75) is 32.4 Å². The number of nitrogens with one attached hydrogen (secondary N) is 2. The van der Waals surface area contributed by atoms with E-state index in [-0.39, 0.29) is 12.3 Å². The Hall–Kier alpha value is -1.89. The van der Waals surface area contributed by atoms with E-state index in [1.807, 2.05) is 13.8 Å². The molecule has 1 aromatic rings. The third-order valence-electron chi connectivity index (χ3n) is 2.72. The Morgan fingerprint density at radius 2 is 2.22 bits per heavy atom. The molecule has 2 atom stereocenters. The van der Waals surface area contributed by atoms with Crippen LogP contribution in [0, 0.1) is 5.92 Å². The highest BCUT2D eigenvalue weighted by atomic mass is 16.4. The second kappa shape index (κ2) is 6.15. The summed E-state index contributed by atoms with van der Waals surface area (Å²) >= 11 is 0. The van der Waals surface area contributed by atoms with E-state index in [1.165, 1.54) is 12.5 Å². The Kier molecular flexibility index (Phi) is 4.85. The van der Waals surface area contributed by atoms with Crippen LogP contribution in [-0.2, 0) is 16.0 Å². The summed E-state index contributed by atoms with van der Waals surface area (Å²) < 4.78 is 0. The van der Waals surface area contributed by atoms with E-state index in [1.54, 1.807) is 0 Å². The van der Waals surface area contributed by atoms with E-state index in [0.717, 1.165) is 0 Å². The van der Waals surface area contributed by atoms with Crippen LogP contribution in [0.25, 0.3) is 0 Å². The molecular weight excluding hydrogens is 236 g/mol. The first kappa shape index (κ1) is 14.2. The SMILES string of the molecule is CC(C)[C@H]([NH3+])C(=O)N[C@@H](Cc1cnc[nH]1)C(=O)[O-]. The maximum atomic E-state index is 11.7. The Morgan fingerprint density at radius 3 is 2.67 bits per heavy atom. The fraction of sp³-hybridized carbons (Fsp3) is 0.545. The second-order valence-electron chi connectivity index (χ2n) is 4.51. The second-order valence-corrected chi connectivity index (χ2v) is 4.51. The Bertz CT molecular complexity index is 402. The van der Waals surface area contributed by atoms with Gasteiger partial charge in [0.2, 0.25) is 0 Å². The number of aromatic amines is 1. The molecule has 0 aliphatic carbocycles. The lowest BCUT2D eigenvalue weighted by molar-refractivity contribution is -0.414. The zero-order valence-corrected chi connectivity index (χ0v) is 10.5. The number of carbonyl (C=O) groups excluding carboxylic acids is 2. The van der Waals surface area contributed by atoms with Gasteiger partial charge < -0.3 is 25.9 Å². The fourth-order valence-corrected chi connectivity index (χ4v) is 1.39. The van der Waals surface area contributed by atoms with Gasteiger partial charge in [0, 0.05) is 24.2 Å². The van der Waals surface area contributed by atoms with E-state index in [2.05, 4.69) is 21.0 Å². The molecule has 1 amide bonds. The lowest BCUT2D eigenvalue weighted by Crippen LogP contribution is -2.71. The summed E-state index contributed by atoms with van der Waals surface area (Å²) in [7, 11) is 0. The minimum absolute atomic E-state index is 0.0413. The number of H-pyrrole nitrogens is 1. The molecular formula is C11H18N4O3. The van der Waals surface area contributed by atoms with Gasteiger partial charge in [-0.15, -0.1) is 0 Å². The molecule has 100 valence electrons. The topological polar surface area (TPSA) is 126 Å². The fourth-order valence-electron chi connectivity index (χ4n) is 1.39. The molecule has 1 aromatic heterocycles. The smallest absolute Gasteiger partial charge is 0.278 e. The van der Waals surface area contributed by atoms with E-state index >= 15 is 0 Å². The van der Waals surface area contributed by atoms with Crippen LogP contribution in [0.15, 0.2) is 12.5 Å². The molecule has 0 bridgehead atoms. The number of amides is 1. The molecule has 0 saturated heterocycles. The van der Waals surface area contributed by atoms with Crippen molar-refractivity contribution in [3.63, 3.8) is 0 Å². The average Bonchev–Trinajstić information content (AvgIpc) is 2.79. The highest BCUT2D eigenvalue weighted by Crippen LogP contribution is 2.01. The number of imidazole rings is 1. The third-order valence-corrected chi connectivity index (χ3v) is 2.72. The van der Waals surface area contributed by atoms with Crippen LogP contribution >= 0.6 is 0 Å². The number of carboxylic acids is 1. The van der Waals surface area contributed by atoms with E-state index in [9.17, 15) is 14.7 Å². The summed E-state index contributed by atoms with van der Waals surface area (Å²) in [6, 6.07) is -1.57. The number of hydrogen-bond donors (Lipinski definition) is 3. The zero-order chi connectivity index (χ0) is 13.7. The summed E-state index contributed by atoms with van der Waals surface area (Å²) in [6.45, 7) is 3.69. The maximum absolute atomic E-state index is 11.7.